The number of fused-ring (bicyclic) bond motifs is 1. The van der Waals surface area contributed by atoms with E-state index in [0.717, 1.165) is 0 Å². The van der Waals surface area contributed by atoms with Crippen LogP contribution in [-0.2, 0) is 9.53 Å². The second-order valence-electron chi connectivity index (χ2n) is 4.88. The van der Waals surface area contributed by atoms with Crippen molar-refractivity contribution in [3.8, 4) is 0 Å². The van der Waals surface area contributed by atoms with E-state index in [-0.39, 0.29) is 17.7 Å². The highest BCUT2D eigenvalue weighted by atomic mass is 79.9. The summed E-state index contributed by atoms with van der Waals surface area (Å²) in [6.45, 7) is 5.93. The van der Waals surface area contributed by atoms with Crippen LogP contribution in [0.5, 0.6) is 0 Å². The van der Waals surface area contributed by atoms with E-state index in [0.29, 0.717) is 27.9 Å². The quantitative estimate of drug-likeness (QED) is 0.860. The summed E-state index contributed by atoms with van der Waals surface area (Å²) in [5.41, 5.74) is 1.18. The van der Waals surface area contributed by atoms with Gasteiger partial charge in [-0.2, -0.15) is 0 Å². The smallest absolute Gasteiger partial charge is 0.316 e. The highest BCUT2D eigenvalue weighted by Gasteiger charge is 2.28. The number of carbonyl (C=O) groups excluding carboxylic acids is 1. The minimum absolute atomic E-state index is 0.0305. The Labute approximate surface area is 124 Å². The van der Waals surface area contributed by atoms with Gasteiger partial charge >= 0.3 is 5.97 Å². The van der Waals surface area contributed by atoms with Crippen LogP contribution in [0.25, 0.3) is 11.0 Å². The Balaban J connectivity index is 2.46. The van der Waals surface area contributed by atoms with Crippen LogP contribution >= 0.6 is 15.9 Å². The lowest BCUT2D eigenvalue weighted by Crippen LogP contribution is -2.22. The molecule has 108 valence electrons. The molecule has 0 radical (unpaired) electrons. The van der Waals surface area contributed by atoms with Gasteiger partial charge in [-0.25, -0.2) is 9.37 Å². The van der Waals surface area contributed by atoms with Crippen molar-refractivity contribution >= 4 is 32.9 Å². The number of esters is 1. The van der Waals surface area contributed by atoms with E-state index in [1.54, 1.807) is 13.0 Å². The number of hydrogen-bond acceptors (Lipinski definition) is 3. The number of ether oxygens (including phenoxy) is 1. The van der Waals surface area contributed by atoms with E-state index in [4.69, 9.17) is 4.74 Å². The molecule has 1 atom stereocenters. The van der Waals surface area contributed by atoms with Crippen LogP contribution in [0, 0.1) is 11.7 Å². The SMILES string of the molecule is CCOC(=O)C(c1nc2cc(Br)c(F)cc2[nH]1)C(C)C. The first-order valence-electron chi connectivity index (χ1n) is 6.45. The molecule has 0 spiro atoms. The number of H-pyrrole nitrogens is 1. The minimum Gasteiger partial charge on any atom is -0.465 e. The van der Waals surface area contributed by atoms with Crippen LogP contribution in [0.15, 0.2) is 16.6 Å². The average molecular weight is 343 g/mol. The lowest BCUT2D eigenvalue weighted by Gasteiger charge is -2.16. The molecule has 0 aliphatic heterocycles. The minimum atomic E-state index is -0.482. The normalized spacial score (nSPS) is 12.9. The van der Waals surface area contributed by atoms with Gasteiger partial charge < -0.3 is 9.72 Å². The molecular weight excluding hydrogens is 327 g/mol. The van der Waals surface area contributed by atoms with Gasteiger partial charge in [-0.1, -0.05) is 13.8 Å². The monoisotopic (exact) mass is 342 g/mol. The van der Waals surface area contributed by atoms with Gasteiger partial charge in [0.2, 0.25) is 0 Å². The van der Waals surface area contributed by atoms with Crippen molar-refractivity contribution in [1.82, 2.24) is 9.97 Å². The van der Waals surface area contributed by atoms with Gasteiger partial charge in [0.25, 0.3) is 0 Å². The highest BCUT2D eigenvalue weighted by molar-refractivity contribution is 9.10. The number of imidazole rings is 1. The van der Waals surface area contributed by atoms with Gasteiger partial charge in [-0.3, -0.25) is 4.79 Å². The summed E-state index contributed by atoms with van der Waals surface area (Å²) in [5, 5.41) is 0. The molecule has 6 heteroatoms. The van der Waals surface area contributed by atoms with Gasteiger partial charge in [-0.05, 0) is 34.8 Å². The molecule has 20 heavy (non-hydrogen) atoms. The maximum Gasteiger partial charge on any atom is 0.316 e. The maximum absolute atomic E-state index is 13.5. The zero-order chi connectivity index (χ0) is 14.9. The molecule has 0 amide bonds. The van der Waals surface area contributed by atoms with Crippen LogP contribution in [0.4, 0.5) is 4.39 Å². The fourth-order valence-electron chi connectivity index (χ4n) is 2.10. The van der Waals surface area contributed by atoms with Crippen molar-refractivity contribution in [2.75, 3.05) is 6.61 Å². The molecule has 0 bridgehead atoms. The van der Waals surface area contributed by atoms with Gasteiger partial charge in [0.15, 0.2) is 0 Å². The number of nitrogens with zero attached hydrogens (tertiary/aromatic N) is 1. The first-order valence-corrected chi connectivity index (χ1v) is 7.24. The highest BCUT2D eigenvalue weighted by Crippen LogP contribution is 2.28. The molecule has 1 aromatic carbocycles. The zero-order valence-corrected chi connectivity index (χ0v) is 13.1. The standard InChI is InChI=1S/C14H16BrFN2O2/c1-4-20-14(19)12(7(2)3)13-17-10-5-8(15)9(16)6-11(10)18-13/h5-7,12H,4H2,1-3H3,(H,17,18). The van der Waals surface area contributed by atoms with Gasteiger partial charge in [0.1, 0.15) is 17.6 Å². The lowest BCUT2D eigenvalue weighted by molar-refractivity contribution is -0.146. The fraction of sp³-hybridized carbons (Fsp3) is 0.429. The Hall–Kier alpha value is -1.43. The second kappa shape index (κ2) is 5.91. The number of hydrogen-bond donors (Lipinski definition) is 1. The van der Waals surface area contributed by atoms with Crippen LogP contribution in [0.3, 0.4) is 0 Å². The van der Waals surface area contributed by atoms with Crippen molar-refractivity contribution in [3.05, 3.63) is 28.2 Å². The summed E-state index contributed by atoms with van der Waals surface area (Å²) in [4.78, 5) is 19.4. The molecule has 4 nitrogen and oxygen atoms in total. The fourth-order valence-corrected chi connectivity index (χ4v) is 2.43. The van der Waals surface area contributed by atoms with Crippen LogP contribution in [-0.4, -0.2) is 22.5 Å². The largest absolute Gasteiger partial charge is 0.465 e. The van der Waals surface area contributed by atoms with Crippen molar-refractivity contribution in [2.45, 2.75) is 26.7 Å². The van der Waals surface area contributed by atoms with Crippen molar-refractivity contribution < 1.29 is 13.9 Å². The third kappa shape index (κ3) is 2.85. The number of aromatic amines is 1. The van der Waals surface area contributed by atoms with Gasteiger partial charge in [0.05, 0.1) is 22.1 Å². The second-order valence-corrected chi connectivity index (χ2v) is 5.73. The first kappa shape index (κ1) is 15.0. The van der Waals surface area contributed by atoms with Gasteiger partial charge in [0, 0.05) is 6.07 Å². The van der Waals surface area contributed by atoms with Crippen LogP contribution in [0.1, 0.15) is 32.5 Å². The Kier molecular flexibility index (Phi) is 4.42. The van der Waals surface area contributed by atoms with Crippen molar-refractivity contribution in [2.24, 2.45) is 5.92 Å². The molecule has 0 aliphatic carbocycles. The molecule has 1 unspecified atom stereocenters. The van der Waals surface area contributed by atoms with Crippen molar-refractivity contribution in [3.63, 3.8) is 0 Å². The average Bonchev–Trinajstić information content (AvgIpc) is 2.72. The van der Waals surface area contributed by atoms with E-state index in [9.17, 15) is 9.18 Å². The molecule has 2 aromatic rings. The van der Waals surface area contributed by atoms with Gasteiger partial charge in [-0.15, -0.1) is 0 Å². The maximum atomic E-state index is 13.5. The summed E-state index contributed by atoms with van der Waals surface area (Å²) in [6, 6.07) is 2.95. The summed E-state index contributed by atoms with van der Waals surface area (Å²) in [7, 11) is 0. The molecule has 1 aromatic heterocycles. The van der Waals surface area contributed by atoms with E-state index in [1.165, 1.54) is 6.07 Å². The molecule has 0 fully saturated rings. The Morgan fingerprint density at radius 3 is 2.80 bits per heavy atom. The third-order valence-corrected chi connectivity index (χ3v) is 3.65. The number of carbonyl (C=O) groups is 1. The molecule has 0 saturated heterocycles. The predicted molar refractivity (Wildman–Crippen MR) is 78.0 cm³/mol. The number of nitrogens with one attached hydrogen (secondary N) is 1. The Bertz CT molecular complexity index is 600. The summed E-state index contributed by atoms with van der Waals surface area (Å²) in [5.74, 6) is -0.635. The molecule has 0 saturated carbocycles. The van der Waals surface area contributed by atoms with Crippen molar-refractivity contribution in [1.29, 1.82) is 0 Å². The van der Waals surface area contributed by atoms with E-state index < -0.39 is 5.92 Å². The summed E-state index contributed by atoms with van der Waals surface area (Å²) >= 11 is 3.12. The van der Waals surface area contributed by atoms with Crippen LogP contribution in [0.2, 0.25) is 0 Å². The number of rotatable bonds is 4. The molecule has 2 rings (SSSR count). The zero-order valence-electron chi connectivity index (χ0n) is 11.5. The summed E-state index contributed by atoms with van der Waals surface area (Å²) < 4.78 is 18.9. The summed E-state index contributed by atoms with van der Waals surface area (Å²) in [6.07, 6.45) is 0. The Morgan fingerprint density at radius 2 is 2.20 bits per heavy atom. The van der Waals surface area contributed by atoms with E-state index >= 15 is 0 Å². The topological polar surface area (TPSA) is 55.0 Å². The molecule has 1 N–H and O–H groups in total. The van der Waals surface area contributed by atoms with E-state index in [2.05, 4.69) is 25.9 Å². The number of benzene rings is 1. The number of halogens is 2. The Morgan fingerprint density at radius 1 is 1.50 bits per heavy atom. The first-order chi connectivity index (χ1) is 9.43. The van der Waals surface area contributed by atoms with Crippen LogP contribution < -0.4 is 0 Å². The lowest BCUT2D eigenvalue weighted by atomic mass is 9.95. The third-order valence-electron chi connectivity index (χ3n) is 3.04. The molecule has 0 aliphatic rings. The molecular formula is C14H16BrFN2O2. The predicted octanol–water partition coefficient (Wildman–Crippen LogP) is 3.77. The van der Waals surface area contributed by atoms with E-state index in [1.807, 2.05) is 13.8 Å². The molecule has 1 heterocycles. The number of aromatic nitrogens is 2.